The fraction of sp³-hybridized carbons (Fsp3) is 0.350. The summed E-state index contributed by atoms with van der Waals surface area (Å²) < 4.78 is 0. The molecule has 0 aliphatic carbocycles. The molecule has 1 saturated heterocycles. The van der Waals surface area contributed by atoms with Gasteiger partial charge in [0.25, 0.3) is 5.91 Å². The molecule has 0 radical (unpaired) electrons. The second-order valence-corrected chi connectivity index (χ2v) is 6.41. The Hall–Kier alpha value is -2.29. The van der Waals surface area contributed by atoms with E-state index in [0.29, 0.717) is 11.6 Å². The maximum Gasteiger partial charge on any atom is 0.255 e. The highest BCUT2D eigenvalue weighted by Crippen LogP contribution is 2.25. The van der Waals surface area contributed by atoms with Crippen molar-refractivity contribution in [3.63, 3.8) is 0 Å². The van der Waals surface area contributed by atoms with E-state index in [0.717, 1.165) is 17.8 Å². The molecule has 1 atom stereocenters. The third-order valence-corrected chi connectivity index (χ3v) is 4.57. The van der Waals surface area contributed by atoms with Crippen molar-refractivity contribution >= 4 is 17.3 Å². The van der Waals surface area contributed by atoms with Gasteiger partial charge in [-0.3, -0.25) is 4.79 Å². The van der Waals surface area contributed by atoms with Gasteiger partial charge in [0.2, 0.25) is 0 Å². The molecule has 1 amide bonds. The number of benzene rings is 2. The van der Waals surface area contributed by atoms with Gasteiger partial charge in [-0.15, -0.1) is 0 Å². The number of piperidine rings is 1. The average Bonchev–Trinajstić information content (AvgIpc) is 2.57. The van der Waals surface area contributed by atoms with E-state index in [-0.39, 0.29) is 5.91 Å². The van der Waals surface area contributed by atoms with Crippen molar-refractivity contribution < 1.29 is 4.79 Å². The molecule has 0 aromatic heterocycles. The molecular weight excluding hydrogens is 284 g/mol. The summed E-state index contributed by atoms with van der Waals surface area (Å²) in [5, 5.41) is 2.96. The monoisotopic (exact) mass is 308 g/mol. The lowest BCUT2D eigenvalue weighted by Gasteiger charge is -2.35. The summed E-state index contributed by atoms with van der Waals surface area (Å²) in [5.41, 5.74) is 3.92. The minimum absolute atomic E-state index is 0.0657. The number of carbonyl (C=O) groups excluding carboxylic acids is 1. The molecule has 0 saturated carbocycles. The van der Waals surface area contributed by atoms with Crippen LogP contribution in [0.2, 0.25) is 0 Å². The zero-order valence-corrected chi connectivity index (χ0v) is 13.9. The summed E-state index contributed by atoms with van der Waals surface area (Å²) >= 11 is 0. The third kappa shape index (κ3) is 3.73. The van der Waals surface area contributed by atoms with Crippen molar-refractivity contribution in [1.29, 1.82) is 0 Å². The summed E-state index contributed by atoms with van der Waals surface area (Å²) in [6.45, 7) is 5.42. The van der Waals surface area contributed by atoms with Crippen LogP contribution in [-0.2, 0) is 0 Å². The lowest BCUT2D eigenvalue weighted by atomic mass is 10.0. The first-order chi connectivity index (χ1) is 11.1. The molecule has 3 nitrogen and oxygen atoms in total. The molecule has 1 N–H and O–H groups in total. The van der Waals surface area contributed by atoms with E-state index >= 15 is 0 Å². The molecule has 2 aromatic carbocycles. The predicted octanol–water partition coefficient (Wildman–Crippen LogP) is 4.63. The van der Waals surface area contributed by atoms with Gasteiger partial charge in [0.15, 0.2) is 0 Å². The number of carbonyl (C=O) groups is 1. The van der Waals surface area contributed by atoms with Gasteiger partial charge >= 0.3 is 0 Å². The van der Waals surface area contributed by atoms with Crippen molar-refractivity contribution in [3.8, 4) is 0 Å². The van der Waals surface area contributed by atoms with Gasteiger partial charge < -0.3 is 10.2 Å². The SMILES string of the molecule is Cc1ccc(C(=O)Nc2ccc(N3CCCC[C@H]3C)cc2)cc1. The lowest BCUT2D eigenvalue weighted by molar-refractivity contribution is 0.102. The Kier molecular flexibility index (Phi) is 4.65. The summed E-state index contributed by atoms with van der Waals surface area (Å²) in [4.78, 5) is 14.7. The summed E-state index contributed by atoms with van der Waals surface area (Å²) in [6.07, 6.45) is 3.84. The maximum atomic E-state index is 12.2. The zero-order chi connectivity index (χ0) is 16.2. The summed E-state index contributed by atoms with van der Waals surface area (Å²) in [5.74, 6) is -0.0657. The Morgan fingerprint density at radius 3 is 2.39 bits per heavy atom. The third-order valence-electron chi connectivity index (χ3n) is 4.57. The van der Waals surface area contributed by atoms with Crippen LogP contribution in [0.1, 0.15) is 42.1 Å². The Morgan fingerprint density at radius 1 is 1.04 bits per heavy atom. The molecule has 0 unspecified atom stereocenters. The molecule has 120 valence electrons. The Balaban J connectivity index is 1.67. The molecule has 1 fully saturated rings. The fourth-order valence-electron chi connectivity index (χ4n) is 3.13. The van der Waals surface area contributed by atoms with Crippen molar-refractivity contribution in [2.75, 3.05) is 16.8 Å². The van der Waals surface area contributed by atoms with Crippen LogP contribution in [0.5, 0.6) is 0 Å². The zero-order valence-electron chi connectivity index (χ0n) is 13.9. The number of hydrogen-bond acceptors (Lipinski definition) is 2. The molecule has 0 spiro atoms. The fourth-order valence-corrected chi connectivity index (χ4v) is 3.13. The van der Waals surface area contributed by atoms with Crippen LogP contribution in [0.4, 0.5) is 11.4 Å². The standard InChI is InChI=1S/C20H24N2O/c1-15-6-8-17(9-7-15)20(23)21-18-10-12-19(13-11-18)22-14-4-3-5-16(22)2/h6-13,16H,3-5,14H2,1-2H3,(H,21,23)/t16-/m1/s1. The molecule has 1 aliphatic heterocycles. The normalized spacial score (nSPS) is 17.8. The van der Waals surface area contributed by atoms with Gasteiger partial charge in [-0.2, -0.15) is 0 Å². The van der Waals surface area contributed by atoms with E-state index in [1.165, 1.54) is 24.9 Å². The van der Waals surface area contributed by atoms with Gasteiger partial charge in [0, 0.05) is 29.5 Å². The minimum atomic E-state index is -0.0657. The molecule has 1 aliphatic rings. The summed E-state index contributed by atoms with van der Waals surface area (Å²) in [6, 6.07) is 16.4. The number of anilines is 2. The van der Waals surface area contributed by atoms with Gasteiger partial charge in [0.1, 0.15) is 0 Å². The highest BCUT2D eigenvalue weighted by atomic mass is 16.1. The number of nitrogens with zero attached hydrogens (tertiary/aromatic N) is 1. The van der Waals surface area contributed by atoms with Gasteiger partial charge in [-0.25, -0.2) is 0 Å². The molecule has 1 heterocycles. The van der Waals surface area contributed by atoms with Crippen molar-refractivity contribution in [2.45, 2.75) is 39.2 Å². The van der Waals surface area contributed by atoms with E-state index in [2.05, 4.69) is 29.3 Å². The largest absolute Gasteiger partial charge is 0.369 e. The van der Waals surface area contributed by atoms with Crippen LogP contribution < -0.4 is 10.2 Å². The number of rotatable bonds is 3. The lowest BCUT2D eigenvalue weighted by Crippen LogP contribution is -2.37. The van der Waals surface area contributed by atoms with Crippen LogP contribution in [0.25, 0.3) is 0 Å². The Bertz CT molecular complexity index is 661. The second-order valence-electron chi connectivity index (χ2n) is 6.41. The molecule has 23 heavy (non-hydrogen) atoms. The van der Waals surface area contributed by atoms with Gasteiger partial charge in [0.05, 0.1) is 0 Å². The van der Waals surface area contributed by atoms with E-state index < -0.39 is 0 Å². The first-order valence-corrected chi connectivity index (χ1v) is 8.38. The first kappa shape index (κ1) is 15.6. The van der Waals surface area contributed by atoms with Crippen molar-refractivity contribution in [1.82, 2.24) is 0 Å². The predicted molar refractivity (Wildman–Crippen MR) is 96.2 cm³/mol. The molecule has 3 heteroatoms. The van der Waals surface area contributed by atoms with E-state index in [1.807, 2.05) is 43.3 Å². The highest BCUT2D eigenvalue weighted by Gasteiger charge is 2.18. The number of aryl methyl sites for hydroxylation is 1. The van der Waals surface area contributed by atoms with Crippen molar-refractivity contribution in [2.24, 2.45) is 0 Å². The van der Waals surface area contributed by atoms with Crippen LogP contribution in [-0.4, -0.2) is 18.5 Å². The topological polar surface area (TPSA) is 32.3 Å². The number of nitrogens with one attached hydrogen (secondary N) is 1. The number of amides is 1. The molecular formula is C20H24N2O. The minimum Gasteiger partial charge on any atom is -0.369 e. The molecule has 3 rings (SSSR count). The number of hydrogen-bond donors (Lipinski definition) is 1. The summed E-state index contributed by atoms with van der Waals surface area (Å²) in [7, 11) is 0. The first-order valence-electron chi connectivity index (χ1n) is 8.38. The molecule has 0 bridgehead atoms. The van der Waals surface area contributed by atoms with E-state index in [4.69, 9.17) is 0 Å². The van der Waals surface area contributed by atoms with Gasteiger partial charge in [-0.05, 0) is 69.5 Å². The average molecular weight is 308 g/mol. The Morgan fingerprint density at radius 2 is 1.74 bits per heavy atom. The van der Waals surface area contributed by atoms with Crippen molar-refractivity contribution in [3.05, 3.63) is 59.7 Å². The van der Waals surface area contributed by atoms with Crippen LogP contribution in [0, 0.1) is 6.92 Å². The van der Waals surface area contributed by atoms with Crippen LogP contribution in [0.3, 0.4) is 0 Å². The van der Waals surface area contributed by atoms with E-state index in [1.54, 1.807) is 0 Å². The van der Waals surface area contributed by atoms with Crippen LogP contribution in [0.15, 0.2) is 48.5 Å². The van der Waals surface area contributed by atoms with E-state index in [9.17, 15) is 4.79 Å². The quantitative estimate of drug-likeness (QED) is 0.897. The second kappa shape index (κ2) is 6.86. The Labute approximate surface area is 138 Å². The smallest absolute Gasteiger partial charge is 0.255 e. The van der Waals surface area contributed by atoms with Crippen LogP contribution >= 0.6 is 0 Å². The molecule has 2 aromatic rings. The van der Waals surface area contributed by atoms with Gasteiger partial charge in [-0.1, -0.05) is 17.7 Å². The maximum absolute atomic E-state index is 12.2. The highest BCUT2D eigenvalue weighted by molar-refractivity contribution is 6.04.